The summed E-state index contributed by atoms with van der Waals surface area (Å²) in [7, 11) is 0. The van der Waals surface area contributed by atoms with Gasteiger partial charge in [0.05, 0.1) is 0 Å². The molecule has 0 aliphatic carbocycles. The lowest BCUT2D eigenvalue weighted by Gasteiger charge is -1.97. The second kappa shape index (κ2) is 2.71. The van der Waals surface area contributed by atoms with Crippen LogP contribution in [0.1, 0.15) is 5.69 Å². The molecule has 0 aromatic carbocycles. The molecule has 0 amide bonds. The number of fused-ring (bicyclic) bond motifs is 1. The first-order chi connectivity index (χ1) is 5.66. The van der Waals surface area contributed by atoms with Crippen molar-refractivity contribution in [3.63, 3.8) is 0 Å². The molecule has 0 atom stereocenters. The minimum absolute atomic E-state index is 0.493. The van der Waals surface area contributed by atoms with Crippen molar-refractivity contribution >= 4 is 33.2 Å². The van der Waals surface area contributed by atoms with Crippen LogP contribution in [0.2, 0.25) is 5.15 Å². The highest BCUT2D eigenvalue weighted by Gasteiger charge is 2.03. The summed E-state index contributed by atoms with van der Waals surface area (Å²) in [4.78, 5) is 4.09. The Morgan fingerprint density at radius 3 is 3.00 bits per heavy atom. The molecule has 0 saturated heterocycles. The molecule has 2 aromatic rings. The molecule has 62 valence electrons. The largest absolute Gasteiger partial charge is 0.218 e. The molecule has 0 aliphatic rings. The summed E-state index contributed by atoms with van der Waals surface area (Å²) in [6.07, 6.45) is 0. The van der Waals surface area contributed by atoms with Gasteiger partial charge in [0.25, 0.3) is 0 Å². The average molecular weight is 246 g/mol. The zero-order chi connectivity index (χ0) is 8.72. The average Bonchev–Trinajstić information content (AvgIpc) is 2.29. The van der Waals surface area contributed by atoms with E-state index in [9.17, 15) is 0 Å². The molecular weight excluding hydrogens is 241 g/mol. The summed E-state index contributed by atoms with van der Waals surface area (Å²) in [5, 5.41) is 4.66. The zero-order valence-electron chi connectivity index (χ0n) is 6.25. The van der Waals surface area contributed by atoms with Crippen LogP contribution in [0.15, 0.2) is 16.7 Å². The highest BCUT2D eigenvalue weighted by atomic mass is 79.9. The smallest absolute Gasteiger partial charge is 0.158 e. The van der Waals surface area contributed by atoms with E-state index in [0.29, 0.717) is 5.15 Å². The predicted molar refractivity (Wildman–Crippen MR) is 50.4 cm³/mol. The summed E-state index contributed by atoms with van der Waals surface area (Å²) >= 11 is 9.03. The van der Waals surface area contributed by atoms with Gasteiger partial charge in [-0.3, -0.25) is 0 Å². The predicted octanol–water partition coefficient (Wildman–Crippen LogP) is 2.45. The van der Waals surface area contributed by atoms with Crippen molar-refractivity contribution in [3.8, 4) is 0 Å². The molecule has 0 radical (unpaired) electrons. The minimum Gasteiger partial charge on any atom is -0.218 e. The Morgan fingerprint density at radius 1 is 1.50 bits per heavy atom. The van der Waals surface area contributed by atoms with Crippen LogP contribution in [0.5, 0.6) is 0 Å². The Balaban J connectivity index is 2.88. The van der Waals surface area contributed by atoms with Gasteiger partial charge in [0.1, 0.15) is 9.76 Å². The number of rotatable bonds is 0. The van der Waals surface area contributed by atoms with Crippen LogP contribution in [0.4, 0.5) is 0 Å². The lowest BCUT2D eigenvalue weighted by atomic mass is 10.4. The molecule has 0 saturated carbocycles. The van der Waals surface area contributed by atoms with Gasteiger partial charge in [0.15, 0.2) is 5.65 Å². The van der Waals surface area contributed by atoms with Gasteiger partial charge in [-0.2, -0.15) is 5.10 Å². The molecule has 0 bridgehead atoms. The van der Waals surface area contributed by atoms with E-state index in [1.807, 2.05) is 13.0 Å². The van der Waals surface area contributed by atoms with E-state index in [1.165, 1.54) is 0 Å². The molecule has 2 rings (SSSR count). The molecule has 0 fully saturated rings. The van der Waals surface area contributed by atoms with Crippen LogP contribution < -0.4 is 0 Å². The van der Waals surface area contributed by atoms with Crippen molar-refractivity contribution in [2.24, 2.45) is 0 Å². The molecular formula is C7H5BrClN3. The number of hydrogen-bond donors (Lipinski definition) is 0. The van der Waals surface area contributed by atoms with E-state index in [1.54, 1.807) is 10.6 Å². The fourth-order valence-corrected chi connectivity index (χ4v) is 1.67. The molecule has 0 aliphatic heterocycles. The van der Waals surface area contributed by atoms with E-state index in [4.69, 9.17) is 11.6 Å². The van der Waals surface area contributed by atoms with Gasteiger partial charge in [-0.05, 0) is 28.9 Å². The van der Waals surface area contributed by atoms with Crippen LogP contribution in [-0.4, -0.2) is 14.6 Å². The molecule has 3 nitrogen and oxygen atoms in total. The number of aromatic nitrogens is 3. The summed E-state index contributed by atoms with van der Waals surface area (Å²) in [5.74, 6) is 0. The van der Waals surface area contributed by atoms with E-state index < -0.39 is 0 Å². The Bertz CT molecular complexity index is 437. The van der Waals surface area contributed by atoms with Gasteiger partial charge in [0, 0.05) is 11.8 Å². The van der Waals surface area contributed by atoms with Gasteiger partial charge in [0.2, 0.25) is 0 Å². The van der Waals surface area contributed by atoms with Crippen molar-refractivity contribution in [2.75, 3.05) is 0 Å². The third kappa shape index (κ3) is 1.21. The number of hydrogen-bond acceptors (Lipinski definition) is 2. The minimum atomic E-state index is 0.493. The maximum absolute atomic E-state index is 5.77. The first kappa shape index (κ1) is 8.01. The maximum Gasteiger partial charge on any atom is 0.158 e. The van der Waals surface area contributed by atoms with Crippen LogP contribution in [-0.2, 0) is 0 Å². The van der Waals surface area contributed by atoms with Crippen LogP contribution in [0.25, 0.3) is 5.65 Å². The molecule has 0 spiro atoms. The van der Waals surface area contributed by atoms with E-state index >= 15 is 0 Å². The summed E-state index contributed by atoms with van der Waals surface area (Å²) in [5.41, 5.74) is 1.72. The molecule has 0 unspecified atom stereocenters. The Morgan fingerprint density at radius 2 is 2.25 bits per heavy atom. The number of nitrogens with zero attached hydrogens (tertiary/aromatic N) is 3. The zero-order valence-corrected chi connectivity index (χ0v) is 8.59. The van der Waals surface area contributed by atoms with Gasteiger partial charge >= 0.3 is 0 Å². The number of aryl methyl sites for hydroxylation is 1. The van der Waals surface area contributed by atoms with Gasteiger partial charge in [-0.25, -0.2) is 9.50 Å². The van der Waals surface area contributed by atoms with Crippen molar-refractivity contribution in [3.05, 3.63) is 27.6 Å². The third-order valence-electron chi connectivity index (χ3n) is 1.54. The van der Waals surface area contributed by atoms with Crippen LogP contribution >= 0.6 is 27.5 Å². The van der Waals surface area contributed by atoms with E-state index in [-0.39, 0.29) is 0 Å². The fraction of sp³-hybridized carbons (Fsp3) is 0.143. The molecule has 0 N–H and O–H groups in total. The normalized spacial score (nSPS) is 10.9. The maximum atomic E-state index is 5.77. The Labute approximate surface area is 82.5 Å². The van der Waals surface area contributed by atoms with Gasteiger partial charge in [-0.1, -0.05) is 11.6 Å². The molecule has 2 aromatic heterocycles. The van der Waals surface area contributed by atoms with Crippen molar-refractivity contribution < 1.29 is 0 Å². The van der Waals surface area contributed by atoms with E-state index in [0.717, 1.165) is 15.9 Å². The fourth-order valence-electron chi connectivity index (χ4n) is 1.06. The Hall–Kier alpha value is -0.610. The Kier molecular flexibility index (Phi) is 1.81. The first-order valence-electron chi connectivity index (χ1n) is 3.35. The quantitative estimate of drug-likeness (QED) is 0.669. The van der Waals surface area contributed by atoms with E-state index in [2.05, 4.69) is 26.0 Å². The lowest BCUT2D eigenvalue weighted by molar-refractivity contribution is 0.885. The summed E-state index contributed by atoms with van der Waals surface area (Å²) < 4.78 is 2.50. The first-order valence-corrected chi connectivity index (χ1v) is 4.52. The standard InChI is InChI=1S/C7H5BrClN3/c1-4-2-6(9)10-7-3-5(8)11-12(4)7/h2-3H,1H3. The van der Waals surface area contributed by atoms with Crippen LogP contribution in [0.3, 0.4) is 0 Å². The molecule has 2 heterocycles. The highest BCUT2D eigenvalue weighted by molar-refractivity contribution is 9.10. The molecule has 5 heteroatoms. The van der Waals surface area contributed by atoms with Crippen molar-refractivity contribution in [1.82, 2.24) is 14.6 Å². The van der Waals surface area contributed by atoms with Crippen molar-refractivity contribution in [2.45, 2.75) is 6.92 Å². The second-order valence-corrected chi connectivity index (χ2v) is 3.66. The summed E-state index contributed by atoms with van der Waals surface area (Å²) in [6, 6.07) is 3.59. The number of halogens is 2. The monoisotopic (exact) mass is 245 g/mol. The topological polar surface area (TPSA) is 30.2 Å². The highest BCUT2D eigenvalue weighted by Crippen LogP contribution is 2.15. The van der Waals surface area contributed by atoms with Gasteiger partial charge < -0.3 is 0 Å². The SMILES string of the molecule is Cc1cc(Cl)nc2cc(Br)nn12. The second-order valence-electron chi connectivity index (χ2n) is 2.46. The lowest BCUT2D eigenvalue weighted by Crippen LogP contribution is -1.94. The van der Waals surface area contributed by atoms with Crippen LogP contribution in [0, 0.1) is 6.92 Å². The van der Waals surface area contributed by atoms with Crippen molar-refractivity contribution in [1.29, 1.82) is 0 Å². The third-order valence-corrected chi connectivity index (χ3v) is 2.13. The molecule has 12 heavy (non-hydrogen) atoms. The van der Waals surface area contributed by atoms with Gasteiger partial charge in [-0.15, -0.1) is 0 Å². The summed E-state index contributed by atoms with van der Waals surface area (Å²) in [6.45, 7) is 1.93.